The van der Waals surface area contributed by atoms with Gasteiger partial charge in [0.25, 0.3) is 5.56 Å². The maximum atomic E-state index is 13.3. The number of fused-ring (bicyclic) bond motifs is 1. The zero-order chi connectivity index (χ0) is 24.6. The summed E-state index contributed by atoms with van der Waals surface area (Å²) in [5.41, 5.74) is 1.57. The van der Waals surface area contributed by atoms with Crippen LogP contribution in [-0.4, -0.2) is 27.4 Å². The highest BCUT2D eigenvalue weighted by Crippen LogP contribution is 2.37. The van der Waals surface area contributed by atoms with Crippen LogP contribution in [0.3, 0.4) is 0 Å². The molecule has 0 amide bonds. The predicted octanol–water partition coefficient (Wildman–Crippen LogP) is 4.45. The first kappa shape index (κ1) is 22.3. The van der Waals surface area contributed by atoms with Crippen LogP contribution in [0.4, 0.5) is 13.2 Å². The molecule has 2 aromatic carbocycles. The Hall–Kier alpha value is -4.47. The molecule has 0 atom stereocenters. The summed E-state index contributed by atoms with van der Waals surface area (Å²) in [6.45, 7) is 0. The molecule has 0 unspecified atom stereocenters. The molecular formula is C25H14BF3N4O2. The molecule has 6 nitrogen and oxygen atoms in total. The van der Waals surface area contributed by atoms with E-state index in [1.165, 1.54) is 30.7 Å². The number of pyridine rings is 2. The van der Waals surface area contributed by atoms with Gasteiger partial charge in [-0.25, -0.2) is 4.98 Å². The number of rotatable bonds is 4. The topological polar surface area (TPSA) is 69.9 Å². The Bertz CT molecular complexity index is 1600. The fourth-order valence-electron chi connectivity index (χ4n) is 3.65. The predicted molar refractivity (Wildman–Crippen MR) is 125 cm³/mol. The van der Waals surface area contributed by atoms with E-state index in [9.17, 15) is 18.0 Å². The van der Waals surface area contributed by atoms with E-state index < -0.39 is 23.2 Å². The SMILES string of the molecule is [B]c1ccc(-c2ncccc2-n2cnc(=O)c3cc(Oc4ncccc4C(F)(F)F)ccc32)cc1. The first-order chi connectivity index (χ1) is 16.8. The van der Waals surface area contributed by atoms with Gasteiger partial charge in [0.05, 0.1) is 22.3 Å². The van der Waals surface area contributed by atoms with Crippen molar-refractivity contribution in [2.24, 2.45) is 0 Å². The molecule has 0 N–H and O–H groups in total. The van der Waals surface area contributed by atoms with Gasteiger partial charge in [-0.3, -0.25) is 14.3 Å². The fourth-order valence-corrected chi connectivity index (χ4v) is 3.65. The largest absolute Gasteiger partial charge is 0.438 e. The first-order valence-electron chi connectivity index (χ1n) is 10.3. The van der Waals surface area contributed by atoms with E-state index in [1.54, 1.807) is 35.0 Å². The van der Waals surface area contributed by atoms with Gasteiger partial charge in [-0.15, -0.1) is 0 Å². The molecule has 3 heterocycles. The molecule has 0 bridgehead atoms. The second-order valence-electron chi connectivity index (χ2n) is 7.55. The van der Waals surface area contributed by atoms with E-state index in [0.717, 1.165) is 11.6 Å². The van der Waals surface area contributed by atoms with Crippen LogP contribution in [0.2, 0.25) is 0 Å². The highest BCUT2D eigenvalue weighted by Gasteiger charge is 2.35. The summed E-state index contributed by atoms with van der Waals surface area (Å²) in [6.07, 6.45) is -0.428. The van der Waals surface area contributed by atoms with Crippen molar-refractivity contribution < 1.29 is 17.9 Å². The second kappa shape index (κ2) is 8.71. The Kier molecular flexibility index (Phi) is 5.56. The first-order valence-corrected chi connectivity index (χ1v) is 10.3. The third kappa shape index (κ3) is 4.38. The van der Waals surface area contributed by atoms with Crippen molar-refractivity contribution in [3.63, 3.8) is 0 Å². The number of hydrogen-bond acceptors (Lipinski definition) is 5. The highest BCUT2D eigenvalue weighted by atomic mass is 19.4. The number of hydrogen-bond donors (Lipinski definition) is 0. The van der Waals surface area contributed by atoms with Crippen molar-refractivity contribution in [1.29, 1.82) is 0 Å². The molecule has 5 aromatic rings. The second-order valence-corrected chi connectivity index (χ2v) is 7.55. The Morgan fingerprint density at radius 2 is 1.63 bits per heavy atom. The molecule has 0 aliphatic carbocycles. The van der Waals surface area contributed by atoms with Crippen LogP contribution in [0.5, 0.6) is 11.6 Å². The molecule has 35 heavy (non-hydrogen) atoms. The quantitative estimate of drug-likeness (QED) is 0.363. The molecule has 170 valence electrons. The van der Waals surface area contributed by atoms with Crippen molar-refractivity contribution in [3.05, 3.63) is 101 Å². The summed E-state index contributed by atoms with van der Waals surface area (Å²) < 4.78 is 47.0. The lowest BCUT2D eigenvalue weighted by molar-refractivity contribution is -0.138. The van der Waals surface area contributed by atoms with E-state index in [4.69, 9.17) is 12.6 Å². The number of benzene rings is 2. The number of ether oxygens (including phenoxy) is 1. The standard InChI is InChI=1S/C25H14BF3N4O2/c26-16-7-5-15(6-8-16)22-21(4-2-11-30-22)33-14-32-23(34)18-13-17(9-10-20(18)33)35-24-19(25(27,28)29)3-1-12-31-24/h1-14H. The van der Waals surface area contributed by atoms with E-state index in [-0.39, 0.29) is 11.1 Å². The van der Waals surface area contributed by atoms with Crippen LogP contribution < -0.4 is 15.8 Å². The molecule has 0 saturated carbocycles. The molecular weight excluding hydrogens is 456 g/mol. The minimum Gasteiger partial charge on any atom is -0.438 e. The molecule has 2 radical (unpaired) electrons. The minimum absolute atomic E-state index is 0.0169. The average molecular weight is 470 g/mol. The maximum absolute atomic E-state index is 13.3. The van der Waals surface area contributed by atoms with Gasteiger partial charge in [0, 0.05) is 18.0 Å². The summed E-state index contributed by atoms with van der Waals surface area (Å²) in [6, 6.07) is 17.2. The summed E-state index contributed by atoms with van der Waals surface area (Å²) in [5.74, 6) is -0.593. The molecule has 10 heteroatoms. The molecule has 0 aliphatic rings. The van der Waals surface area contributed by atoms with Crippen LogP contribution in [-0.2, 0) is 6.18 Å². The maximum Gasteiger partial charge on any atom is 0.421 e. The normalized spacial score (nSPS) is 11.5. The van der Waals surface area contributed by atoms with Gasteiger partial charge >= 0.3 is 6.18 Å². The van der Waals surface area contributed by atoms with Crippen molar-refractivity contribution in [3.8, 4) is 28.6 Å². The van der Waals surface area contributed by atoms with Crippen molar-refractivity contribution >= 4 is 24.2 Å². The lowest BCUT2D eigenvalue weighted by atomic mass is 9.94. The van der Waals surface area contributed by atoms with Gasteiger partial charge in [-0.2, -0.15) is 18.2 Å². The van der Waals surface area contributed by atoms with Gasteiger partial charge in [0.1, 0.15) is 25.5 Å². The van der Waals surface area contributed by atoms with E-state index in [1.807, 2.05) is 18.2 Å². The third-order valence-electron chi connectivity index (χ3n) is 5.27. The average Bonchev–Trinajstić information content (AvgIpc) is 2.85. The van der Waals surface area contributed by atoms with Crippen molar-refractivity contribution in [1.82, 2.24) is 19.5 Å². The number of halogens is 3. The lowest BCUT2D eigenvalue weighted by Crippen LogP contribution is -2.13. The lowest BCUT2D eigenvalue weighted by Gasteiger charge is -2.15. The van der Waals surface area contributed by atoms with Crippen LogP contribution in [0.1, 0.15) is 5.56 Å². The summed E-state index contributed by atoms with van der Waals surface area (Å²) >= 11 is 0. The highest BCUT2D eigenvalue weighted by molar-refractivity contribution is 6.32. The van der Waals surface area contributed by atoms with Crippen LogP contribution in [0, 0.1) is 0 Å². The zero-order valence-corrected chi connectivity index (χ0v) is 17.9. The minimum atomic E-state index is -4.65. The van der Waals surface area contributed by atoms with Gasteiger partial charge < -0.3 is 4.74 Å². The molecule has 0 fully saturated rings. The van der Waals surface area contributed by atoms with Crippen molar-refractivity contribution in [2.45, 2.75) is 6.18 Å². The molecule has 0 saturated heterocycles. The van der Waals surface area contributed by atoms with E-state index in [2.05, 4.69) is 15.0 Å². The van der Waals surface area contributed by atoms with E-state index in [0.29, 0.717) is 22.4 Å². The molecule has 0 spiro atoms. The van der Waals surface area contributed by atoms with Gasteiger partial charge in [0.15, 0.2) is 0 Å². The van der Waals surface area contributed by atoms with Gasteiger partial charge in [0.2, 0.25) is 5.88 Å². The van der Waals surface area contributed by atoms with E-state index >= 15 is 0 Å². The Morgan fingerprint density at radius 3 is 2.40 bits per heavy atom. The van der Waals surface area contributed by atoms with Crippen LogP contribution in [0.25, 0.3) is 27.8 Å². The molecule has 3 aromatic heterocycles. The summed E-state index contributed by atoms with van der Waals surface area (Å²) in [4.78, 5) is 24.7. The van der Waals surface area contributed by atoms with Crippen LogP contribution in [0.15, 0.2) is 90.2 Å². The number of alkyl halides is 3. The Morgan fingerprint density at radius 1 is 0.886 bits per heavy atom. The van der Waals surface area contributed by atoms with Gasteiger partial charge in [-0.05, 0) is 42.5 Å². The third-order valence-corrected chi connectivity index (χ3v) is 5.27. The number of aromatic nitrogens is 4. The molecule has 5 rings (SSSR count). The number of nitrogens with zero attached hydrogens (tertiary/aromatic N) is 4. The zero-order valence-electron chi connectivity index (χ0n) is 17.9. The monoisotopic (exact) mass is 470 g/mol. The fraction of sp³-hybridized carbons (Fsp3) is 0.0400. The smallest absolute Gasteiger partial charge is 0.421 e. The molecule has 0 aliphatic heterocycles. The van der Waals surface area contributed by atoms with Crippen molar-refractivity contribution in [2.75, 3.05) is 0 Å². The summed E-state index contributed by atoms with van der Waals surface area (Å²) in [5, 5.41) is 0.154. The summed E-state index contributed by atoms with van der Waals surface area (Å²) in [7, 11) is 5.80. The van der Waals surface area contributed by atoms with Crippen LogP contribution >= 0.6 is 0 Å². The Labute approximate surface area is 198 Å². The Balaban J connectivity index is 1.62. The van der Waals surface area contributed by atoms with Gasteiger partial charge in [-0.1, -0.05) is 29.7 Å².